The van der Waals surface area contributed by atoms with E-state index >= 15 is 0 Å². The van der Waals surface area contributed by atoms with Crippen LogP contribution in [-0.2, 0) is 32.2 Å². The fourth-order valence-corrected chi connectivity index (χ4v) is 2.95. The van der Waals surface area contributed by atoms with Crippen molar-refractivity contribution in [2.24, 2.45) is 0 Å². The second-order valence-corrected chi connectivity index (χ2v) is 6.05. The molecule has 0 aliphatic heterocycles. The molecule has 0 saturated carbocycles. The molecule has 0 aliphatic carbocycles. The van der Waals surface area contributed by atoms with Gasteiger partial charge in [-0.3, -0.25) is 18.9 Å². The van der Waals surface area contributed by atoms with Gasteiger partial charge in [-0.15, -0.1) is 17.6 Å². The van der Waals surface area contributed by atoms with Crippen LogP contribution in [0.5, 0.6) is 0 Å². The van der Waals surface area contributed by atoms with Gasteiger partial charge in [0.25, 0.3) is 0 Å². The Balaban J connectivity index is 2.06. The highest BCUT2D eigenvalue weighted by Gasteiger charge is 2.31. The molecule has 0 radical (unpaired) electrons. The van der Waals surface area contributed by atoms with Gasteiger partial charge in [-0.05, 0) is 38.7 Å². The molecule has 8 heteroatoms. The van der Waals surface area contributed by atoms with E-state index in [-0.39, 0.29) is 0 Å². The molecular weight excluding hydrogens is 380 g/mol. The summed E-state index contributed by atoms with van der Waals surface area (Å²) in [6.07, 6.45) is -7.52. The van der Waals surface area contributed by atoms with Crippen LogP contribution in [0, 0.1) is 0 Å². The number of ether oxygens (including phenoxy) is 4. The van der Waals surface area contributed by atoms with Gasteiger partial charge in [0.05, 0.1) is 13.2 Å². The summed E-state index contributed by atoms with van der Waals surface area (Å²) < 4.78 is 70.3. The van der Waals surface area contributed by atoms with E-state index in [4.69, 9.17) is 0 Å². The van der Waals surface area contributed by atoms with Crippen LogP contribution < -0.4 is 0 Å². The predicted octanol–water partition coefficient (Wildman–Crippen LogP) is 5.42. The number of fused-ring (bicyclic) bond motifs is 3. The highest BCUT2D eigenvalue weighted by Crippen LogP contribution is 2.32. The molecule has 0 amide bonds. The van der Waals surface area contributed by atoms with E-state index in [0.717, 1.165) is 25.0 Å². The van der Waals surface area contributed by atoms with E-state index in [2.05, 4.69) is 18.9 Å². The second-order valence-electron chi connectivity index (χ2n) is 6.05. The van der Waals surface area contributed by atoms with Crippen LogP contribution >= 0.6 is 0 Å². The zero-order valence-corrected chi connectivity index (χ0v) is 15.2. The quantitative estimate of drug-likeness (QED) is 0.288. The fourth-order valence-electron chi connectivity index (χ4n) is 2.95. The summed E-state index contributed by atoms with van der Waals surface area (Å²) in [7, 11) is 1.64. The Morgan fingerprint density at radius 1 is 0.750 bits per heavy atom. The Kier molecular flexibility index (Phi) is 5.85. The number of hydrogen-bond donors (Lipinski definition) is 0. The van der Waals surface area contributed by atoms with Crippen molar-refractivity contribution in [3.05, 3.63) is 59.7 Å². The molecule has 0 N–H and O–H groups in total. The number of benzene rings is 3. The van der Waals surface area contributed by atoms with Crippen LogP contribution in [0.15, 0.2) is 48.5 Å². The zero-order chi connectivity index (χ0) is 20.4. The van der Waals surface area contributed by atoms with Gasteiger partial charge in [-0.1, -0.05) is 42.5 Å². The average Bonchev–Trinajstić information content (AvgIpc) is 2.70. The van der Waals surface area contributed by atoms with E-state index in [9.17, 15) is 17.6 Å². The first kappa shape index (κ1) is 20.5. The van der Waals surface area contributed by atoms with E-state index in [1.165, 1.54) is 6.07 Å². The van der Waals surface area contributed by atoms with E-state index < -0.39 is 25.8 Å². The second kappa shape index (κ2) is 8.00. The number of rotatable bonds is 8. The third-order valence-corrected chi connectivity index (χ3v) is 4.26. The number of halogens is 4. The normalized spacial score (nSPS) is 12.8. The highest BCUT2D eigenvalue weighted by atomic mass is 19.3. The number of methoxy groups -OCH3 is 2. The topological polar surface area (TPSA) is 36.9 Å². The SMILES string of the molecule is COC(F)(F)OCc1cc(COC(F)(F)OC)c2c(ccc3ccccc32)c1. The van der Waals surface area contributed by atoms with Crippen LogP contribution in [0.4, 0.5) is 17.6 Å². The molecule has 0 aromatic heterocycles. The van der Waals surface area contributed by atoms with Crippen molar-refractivity contribution in [1.29, 1.82) is 0 Å². The van der Waals surface area contributed by atoms with Crippen LogP contribution in [0.25, 0.3) is 21.5 Å². The molecule has 4 nitrogen and oxygen atoms in total. The van der Waals surface area contributed by atoms with E-state index in [1.54, 1.807) is 12.1 Å². The number of hydrogen-bond acceptors (Lipinski definition) is 4. The van der Waals surface area contributed by atoms with Crippen LogP contribution in [-0.4, -0.2) is 26.8 Å². The third-order valence-electron chi connectivity index (χ3n) is 4.26. The maximum absolute atomic E-state index is 13.4. The lowest BCUT2D eigenvalue weighted by Gasteiger charge is -2.18. The van der Waals surface area contributed by atoms with Gasteiger partial charge in [0.1, 0.15) is 0 Å². The van der Waals surface area contributed by atoms with Gasteiger partial charge < -0.3 is 0 Å². The molecule has 3 aromatic rings. The van der Waals surface area contributed by atoms with E-state index in [1.807, 2.05) is 30.3 Å². The molecule has 28 heavy (non-hydrogen) atoms. The summed E-state index contributed by atoms with van der Waals surface area (Å²) in [5, 5.41) is 3.10. The first-order chi connectivity index (χ1) is 13.2. The molecule has 0 aliphatic rings. The Hall–Kier alpha value is -2.26. The van der Waals surface area contributed by atoms with Crippen molar-refractivity contribution in [3.8, 4) is 0 Å². The van der Waals surface area contributed by atoms with Gasteiger partial charge in [0.15, 0.2) is 0 Å². The minimum atomic E-state index is -3.77. The third kappa shape index (κ3) is 4.59. The summed E-state index contributed by atoms with van der Waals surface area (Å²) in [4.78, 5) is 0. The van der Waals surface area contributed by atoms with E-state index in [0.29, 0.717) is 21.9 Å². The van der Waals surface area contributed by atoms with Gasteiger partial charge >= 0.3 is 12.6 Å². The van der Waals surface area contributed by atoms with Gasteiger partial charge in [-0.25, -0.2) is 0 Å². The smallest absolute Gasteiger partial charge is 0.299 e. The molecule has 0 unspecified atom stereocenters. The Morgan fingerprint density at radius 3 is 2.04 bits per heavy atom. The first-order valence-electron chi connectivity index (χ1n) is 8.32. The van der Waals surface area contributed by atoms with Gasteiger partial charge in [0.2, 0.25) is 0 Å². The molecule has 3 rings (SSSR count). The van der Waals surface area contributed by atoms with Crippen molar-refractivity contribution in [1.82, 2.24) is 0 Å². The van der Waals surface area contributed by atoms with Crippen molar-refractivity contribution < 1.29 is 36.5 Å². The molecule has 0 atom stereocenters. The largest absolute Gasteiger partial charge is 0.485 e. The minimum Gasteiger partial charge on any atom is -0.299 e. The van der Waals surface area contributed by atoms with Crippen LogP contribution in [0.3, 0.4) is 0 Å². The van der Waals surface area contributed by atoms with Crippen molar-refractivity contribution >= 4 is 21.5 Å². The molecule has 0 spiro atoms. The molecule has 0 heterocycles. The first-order valence-corrected chi connectivity index (χ1v) is 8.32. The fraction of sp³-hybridized carbons (Fsp3) is 0.300. The molecule has 3 aromatic carbocycles. The van der Waals surface area contributed by atoms with Gasteiger partial charge in [-0.2, -0.15) is 0 Å². The Morgan fingerprint density at radius 2 is 1.36 bits per heavy atom. The maximum Gasteiger partial charge on any atom is 0.485 e. The monoisotopic (exact) mass is 398 g/mol. The minimum absolute atomic E-state index is 0.360. The Labute approximate surface area is 158 Å². The standard InChI is InChI=1S/C20H18F4O4/c1-25-19(21,22)27-11-13-9-15-8-7-14-5-3-4-6-17(14)18(15)16(10-13)12-28-20(23,24)26-2/h3-10H,11-12H2,1-2H3. The van der Waals surface area contributed by atoms with Crippen molar-refractivity contribution in [3.63, 3.8) is 0 Å². The summed E-state index contributed by atoms with van der Waals surface area (Å²) in [5.41, 5.74) is 0.754. The predicted molar refractivity (Wildman–Crippen MR) is 94.9 cm³/mol. The van der Waals surface area contributed by atoms with Crippen molar-refractivity contribution in [2.75, 3.05) is 14.2 Å². The highest BCUT2D eigenvalue weighted by molar-refractivity contribution is 6.09. The summed E-state index contributed by atoms with van der Waals surface area (Å²) >= 11 is 0. The molecule has 150 valence electrons. The van der Waals surface area contributed by atoms with Gasteiger partial charge in [0, 0.05) is 14.2 Å². The molecule has 0 bridgehead atoms. The summed E-state index contributed by atoms with van der Waals surface area (Å²) in [5.74, 6) is 0. The average molecular weight is 398 g/mol. The maximum atomic E-state index is 13.4. The zero-order valence-electron chi connectivity index (χ0n) is 15.2. The lowest BCUT2D eigenvalue weighted by molar-refractivity contribution is -0.387. The summed E-state index contributed by atoms with van der Waals surface area (Å²) in [6.45, 7) is -0.961. The van der Waals surface area contributed by atoms with Crippen molar-refractivity contribution in [2.45, 2.75) is 25.8 Å². The molecule has 0 saturated heterocycles. The lowest BCUT2D eigenvalue weighted by atomic mass is 9.96. The molecular formula is C20H18F4O4. The van der Waals surface area contributed by atoms with Crippen LogP contribution in [0.2, 0.25) is 0 Å². The lowest BCUT2D eigenvalue weighted by Crippen LogP contribution is -2.23. The molecule has 0 fully saturated rings. The van der Waals surface area contributed by atoms with Crippen LogP contribution in [0.1, 0.15) is 11.1 Å². The number of alkyl halides is 4. The summed E-state index contributed by atoms with van der Waals surface area (Å²) in [6, 6.07) is 14.2. The Bertz CT molecular complexity index is 975.